The molecule has 0 aromatic carbocycles. The molecule has 0 amide bonds. The lowest BCUT2D eigenvalue weighted by molar-refractivity contribution is -0.152. The molecule has 68 valence electrons. The zero-order valence-electron chi connectivity index (χ0n) is 6.96. The first kappa shape index (κ1) is 10.6. The van der Waals surface area contributed by atoms with Gasteiger partial charge in [0.05, 0.1) is 20.6 Å². The van der Waals surface area contributed by atoms with Crippen LogP contribution in [0.4, 0.5) is 0 Å². The van der Waals surface area contributed by atoms with Crippen molar-refractivity contribution in [2.24, 2.45) is 0 Å². The van der Waals surface area contributed by atoms with Gasteiger partial charge in [-0.25, -0.2) is 4.79 Å². The van der Waals surface area contributed by atoms with Gasteiger partial charge in [-0.15, -0.1) is 0 Å². The zero-order valence-corrected chi connectivity index (χ0v) is 6.96. The quantitative estimate of drug-likeness (QED) is 0.336. The molecule has 0 spiro atoms. The zero-order chi connectivity index (χ0) is 9.56. The number of ketones is 1. The molecule has 0 rings (SSSR count). The average Bonchev–Trinajstić information content (AvgIpc) is 2.11. The summed E-state index contributed by atoms with van der Waals surface area (Å²) in [5.74, 6) is -2.17. The van der Waals surface area contributed by atoms with Crippen molar-refractivity contribution in [2.45, 2.75) is 12.8 Å². The van der Waals surface area contributed by atoms with Gasteiger partial charge in [0, 0.05) is 6.42 Å². The summed E-state index contributed by atoms with van der Waals surface area (Å²) in [7, 11) is 2.32. The molecule has 0 saturated carbocycles. The van der Waals surface area contributed by atoms with E-state index in [9.17, 15) is 14.4 Å². The van der Waals surface area contributed by atoms with E-state index in [1.54, 1.807) is 0 Å². The minimum Gasteiger partial charge on any atom is -0.469 e. The van der Waals surface area contributed by atoms with Gasteiger partial charge in [0.25, 0.3) is 0 Å². The second kappa shape index (κ2) is 5.29. The van der Waals surface area contributed by atoms with Crippen LogP contribution < -0.4 is 0 Å². The number of carbonyl (C=O) groups excluding carboxylic acids is 3. The molecular formula is C7H10O5. The number of rotatable bonds is 4. The Morgan fingerprint density at radius 1 is 1.00 bits per heavy atom. The van der Waals surface area contributed by atoms with E-state index >= 15 is 0 Å². The normalized spacial score (nSPS) is 8.83. The summed E-state index contributed by atoms with van der Waals surface area (Å²) in [6, 6.07) is 0. The van der Waals surface area contributed by atoms with Crippen LogP contribution >= 0.6 is 0 Å². The van der Waals surface area contributed by atoms with Crippen molar-refractivity contribution in [3.8, 4) is 0 Å². The number of hydrogen-bond acceptors (Lipinski definition) is 5. The van der Waals surface area contributed by atoms with E-state index in [1.165, 1.54) is 7.11 Å². The molecule has 0 heterocycles. The van der Waals surface area contributed by atoms with Crippen molar-refractivity contribution in [1.82, 2.24) is 0 Å². The topological polar surface area (TPSA) is 69.7 Å². The summed E-state index contributed by atoms with van der Waals surface area (Å²) >= 11 is 0. The van der Waals surface area contributed by atoms with E-state index in [1.807, 2.05) is 0 Å². The van der Waals surface area contributed by atoms with Crippen molar-refractivity contribution >= 4 is 17.7 Å². The highest BCUT2D eigenvalue weighted by atomic mass is 16.6. The molecule has 0 unspecified atom stereocenters. The van der Waals surface area contributed by atoms with Crippen molar-refractivity contribution in [3.05, 3.63) is 0 Å². The molecule has 0 aliphatic heterocycles. The molecule has 5 heteroatoms. The van der Waals surface area contributed by atoms with Crippen molar-refractivity contribution in [3.63, 3.8) is 0 Å². The lowest BCUT2D eigenvalue weighted by Gasteiger charge is -1.97. The highest BCUT2D eigenvalue weighted by molar-refractivity contribution is 6.33. The predicted molar refractivity (Wildman–Crippen MR) is 38.3 cm³/mol. The van der Waals surface area contributed by atoms with Gasteiger partial charge in [-0.3, -0.25) is 9.59 Å². The first-order chi connectivity index (χ1) is 5.61. The maximum Gasteiger partial charge on any atom is 0.374 e. The fraction of sp³-hybridized carbons (Fsp3) is 0.571. The maximum atomic E-state index is 10.7. The summed E-state index contributed by atoms with van der Waals surface area (Å²) < 4.78 is 8.41. The van der Waals surface area contributed by atoms with Crippen LogP contribution in [0.2, 0.25) is 0 Å². The van der Waals surface area contributed by atoms with Gasteiger partial charge in [0.1, 0.15) is 0 Å². The Hall–Kier alpha value is -1.39. The van der Waals surface area contributed by atoms with Crippen LogP contribution in [0.15, 0.2) is 0 Å². The lowest BCUT2D eigenvalue weighted by atomic mass is 11.2. The summed E-state index contributed by atoms with van der Waals surface area (Å²) in [6.45, 7) is 0. The minimum absolute atomic E-state index is 0.0928. The molecule has 0 N–H and O–H groups in total. The third kappa shape index (κ3) is 3.70. The molecule has 0 aromatic heterocycles. The summed E-state index contributed by atoms with van der Waals surface area (Å²) in [5, 5.41) is 0. The Bertz CT molecular complexity index is 196. The van der Waals surface area contributed by atoms with Gasteiger partial charge in [0.15, 0.2) is 0 Å². The van der Waals surface area contributed by atoms with Crippen molar-refractivity contribution in [2.75, 3.05) is 14.2 Å². The third-order valence-electron chi connectivity index (χ3n) is 1.20. The Kier molecular flexibility index (Phi) is 4.67. The largest absolute Gasteiger partial charge is 0.469 e. The number of hydrogen-bond donors (Lipinski definition) is 0. The number of methoxy groups -OCH3 is 2. The molecule has 0 aromatic rings. The SMILES string of the molecule is CO[13C](=O)[13CH2][13CH2][13C](=O)[13C](=O)OC. The molecule has 5 nitrogen and oxygen atoms in total. The van der Waals surface area contributed by atoms with Gasteiger partial charge in [-0.05, 0) is 0 Å². The monoisotopic (exact) mass is 179 g/mol. The van der Waals surface area contributed by atoms with Crippen LogP contribution in [0.25, 0.3) is 0 Å². The fourth-order valence-corrected chi connectivity index (χ4v) is 0.534. The minimum atomic E-state index is -0.932. The maximum absolute atomic E-state index is 10.7. The molecule has 0 atom stereocenters. The van der Waals surface area contributed by atoms with E-state index in [-0.39, 0.29) is 12.8 Å². The number of ether oxygens (including phenoxy) is 2. The van der Waals surface area contributed by atoms with E-state index in [0.717, 1.165) is 7.11 Å². The molecule has 0 fully saturated rings. The van der Waals surface area contributed by atoms with E-state index in [0.29, 0.717) is 0 Å². The van der Waals surface area contributed by atoms with Crippen LogP contribution in [0.1, 0.15) is 12.8 Å². The highest BCUT2D eigenvalue weighted by Crippen LogP contribution is 1.94. The Labute approximate surface area is 69.6 Å². The van der Waals surface area contributed by atoms with Gasteiger partial charge >= 0.3 is 11.9 Å². The second-order valence-corrected chi connectivity index (χ2v) is 1.99. The third-order valence-corrected chi connectivity index (χ3v) is 1.20. The first-order valence-electron chi connectivity index (χ1n) is 3.29. The summed E-state index contributed by atoms with van der Waals surface area (Å²) in [5.41, 5.74) is 0. The number of Topliss-reactive ketones (excluding diaryl/α,β-unsaturated/α-hetero) is 1. The van der Waals surface area contributed by atoms with Crippen LogP contribution in [-0.2, 0) is 23.9 Å². The van der Waals surface area contributed by atoms with Gasteiger partial charge in [-0.1, -0.05) is 0 Å². The highest BCUT2D eigenvalue weighted by Gasteiger charge is 2.15. The summed E-state index contributed by atoms with van der Waals surface area (Å²) in [4.78, 5) is 31.7. The Morgan fingerprint density at radius 2 is 1.58 bits per heavy atom. The number of esters is 2. The number of carbonyl (C=O) groups is 3. The lowest BCUT2D eigenvalue weighted by Crippen LogP contribution is -2.16. The molecule has 12 heavy (non-hydrogen) atoms. The smallest absolute Gasteiger partial charge is 0.374 e. The van der Waals surface area contributed by atoms with Crippen LogP contribution in [0.3, 0.4) is 0 Å². The molecule has 0 aliphatic carbocycles. The Morgan fingerprint density at radius 3 is 2.00 bits per heavy atom. The molecule has 0 saturated heterocycles. The standard InChI is InChI=1S/C7H10O5/c1-11-6(9)4-3-5(8)7(10)12-2/h3-4H2,1-2H3/i3+1,4+1,5+1,6+1,7+1. The Balaban J connectivity index is 3.72. The average molecular weight is 179 g/mol. The van der Waals surface area contributed by atoms with Gasteiger partial charge in [-0.2, -0.15) is 0 Å². The van der Waals surface area contributed by atoms with Crippen molar-refractivity contribution < 1.29 is 23.9 Å². The predicted octanol–water partition coefficient (Wildman–Crippen LogP) is -0.318. The van der Waals surface area contributed by atoms with E-state index < -0.39 is 17.7 Å². The molecular weight excluding hydrogens is 169 g/mol. The molecule has 0 radical (unpaired) electrons. The van der Waals surface area contributed by atoms with Crippen LogP contribution in [0, 0.1) is 0 Å². The molecule has 0 bridgehead atoms. The van der Waals surface area contributed by atoms with E-state index in [4.69, 9.17) is 0 Å². The first-order valence-corrected chi connectivity index (χ1v) is 3.29. The van der Waals surface area contributed by atoms with Crippen LogP contribution in [0.5, 0.6) is 0 Å². The second-order valence-electron chi connectivity index (χ2n) is 1.99. The van der Waals surface area contributed by atoms with Crippen LogP contribution in [-0.4, -0.2) is 31.9 Å². The van der Waals surface area contributed by atoms with Gasteiger partial charge < -0.3 is 9.47 Å². The fourth-order valence-electron chi connectivity index (χ4n) is 0.534. The van der Waals surface area contributed by atoms with Gasteiger partial charge in [0.2, 0.25) is 5.78 Å². The summed E-state index contributed by atoms with van der Waals surface area (Å²) in [6.07, 6.45) is -0.260. The van der Waals surface area contributed by atoms with E-state index in [2.05, 4.69) is 9.47 Å². The van der Waals surface area contributed by atoms with Crippen molar-refractivity contribution in [1.29, 1.82) is 0 Å². The molecule has 0 aliphatic rings.